The van der Waals surface area contributed by atoms with Gasteiger partial charge in [-0.1, -0.05) is 11.6 Å². The van der Waals surface area contributed by atoms with Gasteiger partial charge in [0.25, 0.3) is 10.0 Å². The van der Waals surface area contributed by atoms with E-state index in [0.29, 0.717) is 9.50 Å². The maximum Gasteiger partial charge on any atom is 0.263 e. The van der Waals surface area contributed by atoms with Crippen LogP contribution in [-0.2, 0) is 10.0 Å². The number of nitrogen functional groups attached to an aromatic ring is 1. The first kappa shape index (κ1) is 15.1. The number of sulfonamides is 1. The number of anilines is 2. The second-order valence-corrected chi connectivity index (χ2v) is 6.85. The summed E-state index contributed by atoms with van der Waals surface area (Å²) in [6.07, 6.45) is 0. The number of hydrogen-bond donors (Lipinski definition) is 2. The van der Waals surface area contributed by atoms with Crippen molar-refractivity contribution in [2.75, 3.05) is 10.5 Å². The molecule has 0 unspecified atom stereocenters. The van der Waals surface area contributed by atoms with Crippen molar-refractivity contribution >= 4 is 48.9 Å². The largest absolute Gasteiger partial charge is 0.398 e. The molecule has 2 rings (SSSR count). The summed E-state index contributed by atoms with van der Waals surface area (Å²) in [5.74, 6) is -0.560. The van der Waals surface area contributed by atoms with E-state index in [-0.39, 0.29) is 16.3 Å². The minimum atomic E-state index is -3.93. The molecule has 3 N–H and O–H groups in total. The summed E-state index contributed by atoms with van der Waals surface area (Å²) in [5.41, 5.74) is 5.73. The van der Waals surface area contributed by atoms with Crippen molar-refractivity contribution in [3.8, 4) is 0 Å². The second-order valence-electron chi connectivity index (χ2n) is 3.91. The van der Waals surface area contributed by atoms with Gasteiger partial charge in [0, 0.05) is 9.50 Å². The number of halogens is 3. The van der Waals surface area contributed by atoms with Gasteiger partial charge in [0.15, 0.2) is 0 Å². The molecule has 0 aliphatic carbocycles. The minimum Gasteiger partial charge on any atom is -0.398 e. The van der Waals surface area contributed by atoms with Crippen LogP contribution in [-0.4, -0.2) is 8.42 Å². The Morgan fingerprint density at radius 1 is 1.20 bits per heavy atom. The summed E-state index contributed by atoms with van der Waals surface area (Å²) in [5, 5.41) is 0.327. The van der Waals surface area contributed by atoms with Gasteiger partial charge in [-0.05, 0) is 52.3 Å². The topological polar surface area (TPSA) is 72.2 Å². The lowest BCUT2D eigenvalue weighted by Gasteiger charge is -2.11. The molecule has 0 atom stereocenters. The van der Waals surface area contributed by atoms with Crippen LogP contribution in [0.4, 0.5) is 15.8 Å². The van der Waals surface area contributed by atoms with E-state index in [1.165, 1.54) is 30.3 Å². The molecule has 2 aromatic carbocycles. The fraction of sp³-hybridized carbons (Fsp3) is 0. The van der Waals surface area contributed by atoms with Crippen LogP contribution in [0.1, 0.15) is 0 Å². The van der Waals surface area contributed by atoms with Gasteiger partial charge in [0.2, 0.25) is 0 Å². The standard InChI is InChI=1S/C12H9BrClFN2O2S/c13-9-3-2-8(15)6-11(9)17-20(18,19)12-4-1-7(14)5-10(12)16/h1-6,17H,16H2. The average Bonchev–Trinajstić information content (AvgIpc) is 2.33. The van der Waals surface area contributed by atoms with Gasteiger partial charge in [-0.15, -0.1) is 0 Å². The van der Waals surface area contributed by atoms with Crippen LogP contribution in [0.25, 0.3) is 0 Å². The molecule has 0 saturated carbocycles. The predicted molar refractivity (Wildman–Crippen MR) is 80.8 cm³/mol. The quantitative estimate of drug-likeness (QED) is 0.800. The van der Waals surface area contributed by atoms with Crippen molar-refractivity contribution in [3.05, 3.63) is 51.7 Å². The molecular weight excluding hydrogens is 371 g/mol. The Hall–Kier alpha value is -1.31. The first-order chi connectivity index (χ1) is 9.29. The van der Waals surface area contributed by atoms with E-state index in [1.54, 1.807) is 0 Å². The highest BCUT2D eigenvalue weighted by Crippen LogP contribution is 2.28. The van der Waals surface area contributed by atoms with Crippen LogP contribution in [0.15, 0.2) is 45.8 Å². The Labute approximate surface area is 128 Å². The summed E-state index contributed by atoms with van der Waals surface area (Å²) in [4.78, 5) is -0.127. The molecular formula is C12H9BrClFN2O2S. The monoisotopic (exact) mass is 378 g/mol. The lowest BCUT2D eigenvalue weighted by Crippen LogP contribution is -2.15. The maximum absolute atomic E-state index is 13.2. The molecule has 0 amide bonds. The van der Waals surface area contributed by atoms with Gasteiger partial charge in [-0.2, -0.15) is 0 Å². The second kappa shape index (κ2) is 5.59. The fourth-order valence-electron chi connectivity index (χ4n) is 1.54. The molecule has 0 fully saturated rings. The van der Waals surface area contributed by atoms with Gasteiger partial charge >= 0.3 is 0 Å². The molecule has 0 aromatic heterocycles. The normalized spacial score (nSPS) is 11.3. The zero-order valence-electron chi connectivity index (χ0n) is 9.90. The smallest absolute Gasteiger partial charge is 0.263 e. The highest BCUT2D eigenvalue weighted by molar-refractivity contribution is 9.10. The number of rotatable bonds is 3. The zero-order valence-corrected chi connectivity index (χ0v) is 13.1. The molecule has 4 nitrogen and oxygen atoms in total. The van der Waals surface area contributed by atoms with E-state index in [1.807, 2.05) is 0 Å². The van der Waals surface area contributed by atoms with E-state index in [0.717, 1.165) is 6.07 Å². The molecule has 0 aliphatic rings. The fourth-order valence-corrected chi connectivity index (χ4v) is 3.38. The van der Waals surface area contributed by atoms with Crippen LogP contribution >= 0.6 is 27.5 Å². The van der Waals surface area contributed by atoms with Crippen molar-refractivity contribution in [1.82, 2.24) is 0 Å². The molecule has 0 saturated heterocycles. The molecule has 20 heavy (non-hydrogen) atoms. The molecule has 8 heteroatoms. The molecule has 0 aliphatic heterocycles. The first-order valence-corrected chi connectivity index (χ1v) is 7.98. The van der Waals surface area contributed by atoms with Crippen LogP contribution in [0.3, 0.4) is 0 Å². The Balaban J connectivity index is 2.43. The summed E-state index contributed by atoms with van der Waals surface area (Å²) < 4.78 is 40.3. The van der Waals surface area contributed by atoms with Gasteiger partial charge in [-0.25, -0.2) is 12.8 Å². The Bertz CT molecular complexity index is 768. The molecule has 0 radical (unpaired) electrons. The number of nitrogens with two attached hydrogens (primary N) is 1. The number of nitrogens with one attached hydrogen (secondary N) is 1. The third-order valence-electron chi connectivity index (χ3n) is 2.43. The minimum absolute atomic E-state index is 0.0116. The van der Waals surface area contributed by atoms with E-state index in [2.05, 4.69) is 20.7 Å². The number of benzene rings is 2. The number of hydrogen-bond acceptors (Lipinski definition) is 3. The third-order valence-corrected chi connectivity index (χ3v) is 4.80. The molecule has 0 bridgehead atoms. The van der Waals surface area contributed by atoms with Gasteiger partial charge in [0.05, 0.1) is 11.4 Å². The van der Waals surface area contributed by atoms with E-state index in [9.17, 15) is 12.8 Å². The van der Waals surface area contributed by atoms with Crippen molar-refractivity contribution < 1.29 is 12.8 Å². The van der Waals surface area contributed by atoms with Crippen molar-refractivity contribution in [2.45, 2.75) is 4.90 Å². The molecule has 0 spiro atoms. The van der Waals surface area contributed by atoms with Crippen LogP contribution in [0, 0.1) is 5.82 Å². The van der Waals surface area contributed by atoms with Crippen molar-refractivity contribution in [3.63, 3.8) is 0 Å². The maximum atomic E-state index is 13.2. The lowest BCUT2D eigenvalue weighted by atomic mass is 10.3. The predicted octanol–water partition coefficient (Wildman–Crippen LogP) is 3.62. The SMILES string of the molecule is Nc1cc(Cl)ccc1S(=O)(=O)Nc1cc(F)ccc1Br. The van der Waals surface area contributed by atoms with E-state index in [4.69, 9.17) is 17.3 Å². The highest BCUT2D eigenvalue weighted by Gasteiger charge is 2.19. The van der Waals surface area contributed by atoms with Crippen LogP contribution in [0.2, 0.25) is 5.02 Å². The highest BCUT2D eigenvalue weighted by atomic mass is 79.9. The Morgan fingerprint density at radius 3 is 2.55 bits per heavy atom. The Morgan fingerprint density at radius 2 is 1.90 bits per heavy atom. The van der Waals surface area contributed by atoms with Crippen LogP contribution < -0.4 is 10.5 Å². The third kappa shape index (κ3) is 3.23. The van der Waals surface area contributed by atoms with Gasteiger partial charge in [0.1, 0.15) is 10.7 Å². The summed E-state index contributed by atoms with van der Waals surface area (Å²) in [6, 6.07) is 7.70. The van der Waals surface area contributed by atoms with Crippen molar-refractivity contribution in [1.29, 1.82) is 0 Å². The van der Waals surface area contributed by atoms with Crippen molar-refractivity contribution in [2.24, 2.45) is 0 Å². The summed E-state index contributed by atoms with van der Waals surface area (Å²) in [7, 11) is -3.93. The lowest BCUT2D eigenvalue weighted by molar-refractivity contribution is 0.601. The molecule has 2 aromatic rings. The van der Waals surface area contributed by atoms with Crippen LogP contribution in [0.5, 0.6) is 0 Å². The Kier molecular flexibility index (Phi) is 4.22. The molecule has 106 valence electrons. The first-order valence-electron chi connectivity index (χ1n) is 5.32. The van der Waals surface area contributed by atoms with Gasteiger partial charge in [-0.3, -0.25) is 4.72 Å². The summed E-state index contributed by atoms with van der Waals surface area (Å²) in [6.45, 7) is 0. The summed E-state index contributed by atoms with van der Waals surface area (Å²) >= 11 is 8.86. The average molecular weight is 380 g/mol. The van der Waals surface area contributed by atoms with E-state index < -0.39 is 15.8 Å². The molecule has 0 heterocycles. The zero-order chi connectivity index (χ0) is 14.9. The van der Waals surface area contributed by atoms with E-state index >= 15 is 0 Å². The van der Waals surface area contributed by atoms with Gasteiger partial charge < -0.3 is 5.73 Å².